The van der Waals surface area contributed by atoms with E-state index in [1.54, 1.807) is 47.6 Å². The average Bonchev–Trinajstić information content (AvgIpc) is 2.78. The molecule has 1 N–H and O–H groups in total. The van der Waals surface area contributed by atoms with E-state index in [0.717, 1.165) is 30.6 Å². The topological polar surface area (TPSA) is 79.0 Å². The van der Waals surface area contributed by atoms with Crippen molar-refractivity contribution in [1.82, 2.24) is 14.5 Å². The molecule has 0 radical (unpaired) electrons. The summed E-state index contributed by atoms with van der Waals surface area (Å²) in [6.07, 6.45) is 2.82. The molecule has 162 valence electrons. The van der Waals surface area contributed by atoms with Crippen LogP contribution in [0.25, 0.3) is 0 Å². The van der Waals surface area contributed by atoms with Crippen LogP contribution in [0.3, 0.4) is 0 Å². The maximum atomic E-state index is 13.1. The second-order valence-electron chi connectivity index (χ2n) is 7.44. The molecule has 1 heterocycles. The Hall–Kier alpha value is -2.58. The first-order chi connectivity index (χ1) is 14.4. The second-order valence-corrected chi connectivity index (χ2v) is 9.35. The summed E-state index contributed by atoms with van der Waals surface area (Å²) in [7, 11) is -0.261. The lowest BCUT2D eigenvalue weighted by atomic mass is 10.2. The fourth-order valence-electron chi connectivity index (χ4n) is 3.57. The fourth-order valence-corrected chi connectivity index (χ4v) is 5.31. The predicted molar refractivity (Wildman–Crippen MR) is 116 cm³/mol. The molecule has 0 aliphatic carbocycles. The molecular formula is C22H29N3O4S. The van der Waals surface area contributed by atoms with Gasteiger partial charge in [0.15, 0.2) is 0 Å². The van der Waals surface area contributed by atoms with Crippen molar-refractivity contribution in [2.45, 2.75) is 37.2 Å². The maximum absolute atomic E-state index is 13.1. The van der Waals surface area contributed by atoms with Gasteiger partial charge in [0.05, 0.1) is 12.0 Å². The van der Waals surface area contributed by atoms with E-state index in [1.165, 1.54) is 0 Å². The third kappa shape index (κ3) is 5.31. The van der Waals surface area contributed by atoms with E-state index in [-0.39, 0.29) is 17.5 Å². The quantitative estimate of drug-likeness (QED) is 0.730. The molecule has 2 amide bonds. The minimum atomic E-state index is -3.56. The Balaban J connectivity index is 1.66. The minimum Gasteiger partial charge on any atom is -0.497 e. The standard InChI is InChI=1S/C22H29N3O4S/c1-24(17-18-9-8-11-20(15-18)29-2)22(26)23-16-19-10-4-5-12-21(19)30(27,28)25-13-6-3-7-14-25/h4-5,8-12,15H,3,6-7,13-14,16-17H2,1-2H3,(H,23,26). The van der Waals surface area contributed by atoms with Crippen molar-refractivity contribution in [2.75, 3.05) is 27.2 Å². The normalized spacial score (nSPS) is 14.9. The van der Waals surface area contributed by atoms with Crippen molar-refractivity contribution in [2.24, 2.45) is 0 Å². The number of ether oxygens (including phenoxy) is 1. The van der Waals surface area contributed by atoms with Gasteiger partial charge in [-0.1, -0.05) is 36.8 Å². The van der Waals surface area contributed by atoms with Crippen molar-refractivity contribution in [3.8, 4) is 5.75 Å². The molecular weight excluding hydrogens is 402 g/mol. The number of carbonyl (C=O) groups is 1. The second kappa shape index (κ2) is 9.95. The average molecular weight is 432 g/mol. The molecule has 3 rings (SSSR count). The summed E-state index contributed by atoms with van der Waals surface area (Å²) in [5.41, 5.74) is 1.53. The summed E-state index contributed by atoms with van der Waals surface area (Å²) < 4.78 is 32.9. The maximum Gasteiger partial charge on any atom is 0.317 e. The van der Waals surface area contributed by atoms with E-state index in [4.69, 9.17) is 4.74 Å². The van der Waals surface area contributed by atoms with Crippen LogP contribution in [0.15, 0.2) is 53.4 Å². The van der Waals surface area contributed by atoms with Gasteiger partial charge >= 0.3 is 6.03 Å². The van der Waals surface area contributed by atoms with Crippen LogP contribution in [0.2, 0.25) is 0 Å². The molecule has 0 unspecified atom stereocenters. The van der Waals surface area contributed by atoms with E-state index in [9.17, 15) is 13.2 Å². The Labute approximate surface area is 178 Å². The SMILES string of the molecule is COc1cccc(CN(C)C(=O)NCc2ccccc2S(=O)(=O)N2CCCCC2)c1. The van der Waals surface area contributed by atoms with Crippen LogP contribution < -0.4 is 10.1 Å². The first-order valence-corrected chi connectivity index (χ1v) is 11.6. The Bertz CT molecular complexity index is 972. The van der Waals surface area contributed by atoms with Crippen molar-refractivity contribution < 1.29 is 17.9 Å². The number of hydrogen-bond donors (Lipinski definition) is 1. The molecule has 1 saturated heterocycles. The van der Waals surface area contributed by atoms with Crippen LogP contribution in [-0.4, -0.2) is 50.9 Å². The zero-order valence-electron chi connectivity index (χ0n) is 17.5. The van der Waals surface area contributed by atoms with E-state index in [1.807, 2.05) is 24.3 Å². The van der Waals surface area contributed by atoms with Gasteiger partial charge in [0.2, 0.25) is 10.0 Å². The number of nitrogens with one attached hydrogen (secondary N) is 1. The molecule has 0 atom stereocenters. The highest BCUT2D eigenvalue weighted by atomic mass is 32.2. The number of urea groups is 1. The number of sulfonamides is 1. The molecule has 0 spiro atoms. The van der Waals surface area contributed by atoms with Gasteiger partial charge in [-0.15, -0.1) is 0 Å². The van der Waals surface area contributed by atoms with Crippen LogP contribution in [0.4, 0.5) is 4.79 Å². The molecule has 0 bridgehead atoms. The molecule has 2 aromatic rings. The smallest absolute Gasteiger partial charge is 0.317 e. The molecule has 1 fully saturated rings. The highest BCUT2D eigenvalue weighted by Crippen LogP contribution is 2.23. The zero-order chi connectivity index (χ0) is 21.6. The number of rotatable bonds is 7. The van der Waals surface area contributed by atoms with E-state index >= 15 is 0 Å². The third-order valence-electron chi connectivity index (χ3n) is 5.24. The van der Waals surface area contributed by atoms with E-state index < -0.39 is 10.0 Å². The summed E-state index contributed by atoms with van der Waals surface area (Å²) in [4.78, 5) is 14.4. The van der Waals surface area contributed by atoms with Crippen molar-refractivity contribution in [1.29, 1.82) is 0 Å². The van der Waals surface area contributed by atoms with Crippen LogP contribution >= 0.6 is 0 Å². The first-order valence-electron chi connectivity index (χ1n) is 10.1. The summed E-state index contributed by atoms with van der Waals surface area (Å²) in [6.45, 7) is 1.65. The van der Waals surface area contributed by atoms with E-state index in [2.05, 4.69) is 5.32 Å². The minimum absolute atomic E-state index is 0.143. The van der Waals surface area contributed by atoms with Crippen molar-refractivity contribution in [3.63, 3.8) is 0 Å². The monoisotopic (exact) mass is 431 g/mol. The van der Waals surface area contributed by atoms with E-state index in [0.29, 0.717) is 25.2 Å². The molecule has 7 nitrogen and oxygen atoms in total. The summed E-state index contributed by atoms with van der Waals surface area (Å²) >= 11 is 0. The van der Waals surface area contributed by atoms with Gasteiger partial charge in [-0.05, 0) is 42.2 Å². The number of benzene rings is 2. The predicted octanol–water partition coefficient (Wildman–Crippen LogP) is 3.21. The van der Waals surface area contributed by atoms with Gasteiger partial charge in [0.1, 0.15) is 5.75 Å². The van der Waals surface area contributed by atoms with Gasteiger partial charge in [0.25, 0.3) is 0 Å². The van der Waals surface area contributed by atoms with Gasteiger partial charge in [-0.25, -0.2) is 13.2 Å². The lowest BCUT2D eigenvalue weighted by molar-refractivity contribution is 0.206. The Kier molecular flexibility index (Phi) is 7.33. The Morgan fingerprint density at radius 3 is 2.57 bits per heavy atom. The molecule has 0 saturated carbocycles. The number of nitrogens with zero attached hydrogens (tertiary/aromatic N) is 2. The number of piperidine rings is 1. The molecule has 1 aliphatic heterocycles. The molecule has 30 heavy (non-hydrogen) atoms. The molecule has 0 aromatic heterocycles. The number of carbonyl (C=O) groups excluding carboxylic acids is 1. The van der Waals surface area contributed by atoms with Crippen LogP contribution in [0.5, 0.6) is 5.75 Å². The number of amides is 2. The molecule has 8 heteroatoms. The van der Waals surface area contributed by atoms with Gasteiger partial charge in [-0.2, -0.15) is 4.31 Å². The summed E-state index contributed by atoms with van der Waals surface area (Å²) in [5, 5.41) is 2.84. The Morgan fingerprint density at radius 1 is 1.10 bits per heavy atom. The number of methoxy groups -OCH3 is 1. The van der Waals surface area contributed by atoms with Gasteiger partial charge < -0.3 is 15.0 Å². The first kappa shape index (κ1) is 22.1. The highest BCUT2D eigenvalue weighted by Gasteiger charge is 2.28. The van der Waals surface area contributed by atoms with Crippen LogP contribution in [0.1, 0.15) is 30.4 Å². The lowest BCUT2D eigenvalue weighted by Crippen LogP contribution is -2.38. The lowest BCUT2D eigenvalue weighted by Gasteiger charge is -2.27. The molecule has 2 aromatic carbocycles. The zero-order valence-corrected chi connectivity index (χ0v) is 18.3. The van der Waals surface area contributed by atoms with Crippen molar-refractivity contribution >= 4 is 16.1 Å². The summed E-state index contributed by atoms with van der Waals surface area (Å²) in [6, 6.07) is 14.1. The van der Waals surface area contributed by atoms with Gasteiger partial charge in [-0.3, -0.25) is 0 Å². The summed E-state index contributed by atoms with van der Waals surface area (Å²) in [5.74, 6) is 0.734. The van der Waals surface area contributed by atoms with Crippen molar-refractivity contribution in [3.05, 3.63) is 59.7 Å². The fraction of sp³-hybridized carbons (Fsp3) is 0.409. The van der Waals surface area contributed by atoms with Gasteiger partial charge in [0, 0.05) is 33.2 Å². The largest absolute Gasteiger partial charge is 0.497 e. The number of hydrogen-bond acceptors (Lipinski definition) is 4. The van der Waals surface area contributed by atoms with Crippen LogP contribution in [0, 0.1) is 0 Å². The van der Waals surface area contributed by atoms with Crippen LogP contribution in [-0.2, 0) is 23.1 Å². The Morgan fingerprint density at radius 2 is 1.83 bits per heavy atom. The third-order valence-corrected chi connectivity index (χ3v) is 7.24. The highest BCUT2D eigenvalue weighted by molar-refractivity contribution is 7.89. The molecule has 1 aliphatic rings.